The molecule has 1 aliphatic carbocycles. The zero-order chi connectivity index (χ0) is 13.6. The largest absolute Gasteiger partial charge is 0.338 e. The van der Waals surface area contributed by atoms with E-state index in [0.717, 1.165) is 0 Å². The summed E-state index contributed by atoms with van der Waals surface area (Å²) in [6.07, 6.45) is 3.07. The number of hydrogen-bond donors (Lipinski definition) is 2. The topological polar surface area (TPSA) is 66.4 Å². The molecule has 0 amide bonds. The van der Waals surface area contributed by atoms with Crippen molar-refractivity contribution in [2.45, 2.75) is 25.8 Å². The molecule has 98 valence electrons. The van der Waals surface area contributed by atoms with E-state index < -0.39 is 10.1 Å². The van der Waals surface area contributed by atoms with Gasteiger partial charge in [-0.15, -0.1) is 0 Å². The van der Waals surface area contributed by atoms with Crippen molar-refractivity contribution in [3.8, 4) is 12.0 Å². The molecule has 0 unspecified atom stereocenters. The second-order valence-electron chi connectivity index (χ2n) is 4.04. The van der Waals surface area contributed by atoms with Crippen LogP contribution in [0, 0.1) is 12.0 Å². The molecule has 0 radical (unpaired) electrons. The molecular weight excluding hydrogens is 250 g/mol. The highest BCUT2D eigenvalue weighted by molar-refractivity contribution is 7.85. The third kappa shape index (κ3) is 5.21. The number of benzene rings is 1. The van der Waals surface area contributed by atoms with Gasteiger partial charge in [-0.05, 0) is 30.9 Å². The maximum absolute atomic E-state index is 9.19. The van der Waals surface area contributed by atoms with E-state index in [-0.39, 0.29) is 0 Å². The maximum atomic E-state index is 9.19. The van der Waals surface area contributed by atoms with Gasteiger partial charge in [-0.25, -0.2) is 0 Å². The first-order chi connectivity index (χ1) is 8.42. The standard InChI is InChI=1S/C12H13N.CH4O3S/c1-2-9-13-12-8-7-10-5-3-4-6-11(10)12;1-5(2,3)4/h3-6,12-13H,7-8H2,1H3;1H3,(H,2,3,4)/t12-;/m1./s1. The predicted molar refractivity (Wildman–Crippen MR) is 71.6 cm³/mol. The first-order valence-corrected chi connectivity index (χ1v) is 7.44. The van der Waals surface area contributed by atoms with Gasteiger partial charge >= 0.3 is 0 Å². The Morgan fingerprint density at radius 3 is 2.61 bits per heavy atom. The van der Waals surface area contributed by atoms with Gasteiger partial charge in [0, 0.05) is 6.04 Å². The van der Waals surface area contributed by atoms with Gasteiger partial charge in [0.25, 0.3) is 10.1 Å². The van der Waals surface area contributed by atoms with Gasteiger partial charge < -0.3 is 5.32 Å². The van der Waals surface area contributed by atoms with E-state index in [2.05, 4.69) is 41.5 Å². The normalized spacial score (nSPS) is 16.7. The predicted octanol–water partition coefficient (Wildman–Crippen LogP) is 1.75. The van der Waals surface area contributed by atoms with E-state index in [0.29, 0.717) is 12.3 Å². The number of fused-ring (bicyclic) bond motifs is 1. The maximum Gasteiger partial charge on any atom is 0.261 e. The quantitative estimate of drug-likeness (QED) is 0.462. The van der Waals surface area contributed by atoms with Gasteiger partial charge in [0.1, 0.15) is 0 Å². The zero-order valence-corrected chi connectivity index (χ0v) is 11.3. The molecule has 0 saturated heterocycles. The van der Waals surface area contributed by atoms with Crippen molar-refractivity contribution in [2.24, 2.45) is 0 Å². The first kappa shape index (κ1) is 14.6. The van der Waals surface area contributed by atoms with Gasteiger partial charge in [0.15, 0.2) is 0 Å². The Hall–Kier alpha value is -1.51. The SMILES string of the molecule is CC#CN[C@@H]1CCc2ccccc21.CS(=O)(=O)O. The number of hydrogen-bond acceptors (Lipinski definition) is 3. The highest BCUT2D eigenvalue weighted by Crippen LogP contribution is 2.30. The van der Waals surface area contributed by atoms with E-state index in [1.54, 1.807) is 0 Å². The minimum atomic E-state index is -3.67. The summed E-state index contributed by atoms with van der Waals surface area (Å²) in [6, 6.07) is 12.0. The highest BCUT2D eigenvalue weighted by Gasteiger charge is 2.20. The van der Waals surface area contributed by atoms with Crippen molar-refractivity contribution in [3.63, 3.8) is 0 Å². The van der Waals surface area contributed by atoms with Crippen LogP contribution in [0.15, 0.2) is 24.3 Å². The monoisotopic (exact) mass is 267 g/mol. The summed E-state index contributed by atoms with van der Waals surface area (Å²) in [5.41, 5.74) is 2.89. The summed E-state index contributed by atoms with van der Waals surface area (Å²) in [5, 5.41) is 3.23. The summed E-state index contributed by atoms with van der Waals surface area (Å²) in [4.78, 5) is 0. The van der Waals surface area contributed by atoms with Gasteiger partial charge in [-0.1, -0.05) is 30.2 Å². The lowest BCUT2D eigenvalue weighted by Crippen LogP contribution is -2.12. The fraction of sp³-hybridized carbons (Fsp3) is 0.385. The molecule has 1 aromatic rings. The Morgan fingerprint density at radius 2 is 2.00 bits per heavy atom. The fourth-order valence-corrected chi connectivity index (χ4v) is 1.87. The molecule has 2 rings (SSSR count). The molecule has 2 N–H and O–H groups in total. The molecule has 5 heteroatoms. The second-order valence-corrected chi connectivity index (χ2v) is 5.51. The van der Waals surface area contributed by atoms with Crippen LogP contribution in [-0.4, -0.2) is 19.2 Å². The van der Waals surface area contributed by atoms with Crippen molar-refractivity contribution in [1.29, 1.82) is 0 Å². The number of rotatable bonds is 1. The Balaban J connectivity index is 0.000000280. The van der Waals surface area contributed by atoms with Crippen LogP contribution < -0.4 is 5.32 Å². The Labute approximate surface area is 108 Å². The van der Waals surface area contributed by atoms with Gasteiger partial charge in [0.2, 0.25) is 0 Å². The van der Waals surface area contributed by atoms with Crippen LogP contribution in [0.25, 0.3) is 0 Å². The number of aryl methyl sites for hydroxylation is 1. The van der Waals surface area contributed by atoms with Crippen molar-refractivity contribution < 1.29 is 13.0 Å². The lowest BCUT2D eigenvalue weighted by molar-refractivity contribution is 0.490. The Bertz CT molecular complexity index is 547. The number of nitrogens with one attached hydrogen (secondary N) is 1. The van der Waals surface area contributed by atoms with Gasteiger partial charge in [0.05, 0.1) is 12.3 Å². The van der Waals surface area contributed by atoms with E-state index in [1.807, 2.05) is 6.92 Å². The average Bonchev–Trinajstić information content (AvgIpc) is 2.67. The summed E-state index contributed by atoms with van der Waals surface area (Å²) in [6.45, 7) is 1.86. The average molecular weight is 267 g/mol. The molecule has 0 aromatic heterocycles. The van der Waals surface area contributed by atoms with Crippen LogP contribution >= 0.6 is 0 Å². The Kier molecular flexibility index (Phi) is 5.20. The molecule has 0 fully saturated rings. The van der Waals surface area contributed by atoms with Crippen molar-refractivity contribution in [2.75, 3.05) is 6.26 Å². The molecule has 0 spiro atoms. The molecule has 1 atom stereocenters. The van der Waals surface area contributed by atoms with Gasteiger partial charge in [-0.2, -0.15) is 8.42 Å². The smallest absolute Gasteiger partial charge is 0.261 e. The van der Waals surface area contributed by atoms with Crippen LogP contribution in [0.2, 0.25) is 0 Å². The van der Waals surface area contributed by atoms with E-state index in [9.17, 15) is 8.42 Å². The van der Waals surface area contributed by atoms with E-state index >= 15 is 0 Å². The second kappa shape index (κ2) is 6.43. The first-order valence-electron chi connectivity index (χ1n) is 5.59. The Morgan fingerprint density at radius 1 is 1.39 bits per heavy atom. The summed E-state index contributed by atoms with van der Waals surface area (Å²) >= 11 is 0. The molecule has 1 aliphatic rings. The third-order valence-corrected chi connectivity index (χ3v) is 2.50. The van der Waals surface area contributed by atoms with E-state index in [4.69, 9.17) is 4.55 Å². The summed E-state index contributed by atoms with van der Waals surface area (Å²) in [5.74, 6) is 2.86. The zero-order valence-electron chi connectivity index (χ0n) is 10.5. The van der Waals surface area contributed by atoms with Crippen LogP contribution in [-0.2, 0) is 16.5 Å². The van der Waals surface area contributed by atoms with Crippen LogP contribution in [0.3, 0.4) is 0 Å². The molecular formula is C13H17NO3S. The van der Waals surface area contributed by atoms with Crippen molar-refractivity contribution >= 4 is 10.1 Å². The fourth-order valence-electron chi connectivity index (χ4n) is 1.87. The molecule has 1 aromatic carbocycles. The minimum absolute atomic E-state index is 0.448. The van der Waals surface area contributed by atoms with Crippen molar-refractivity contribution in [1.82, 2.24) is 5.32 Å². The van der Waals surface area contributed by atoms with Crippen LogP contribution in [0.1, 0.15) is 30.5 Å². The highest BCUT2D eigenvalue weighted by atomic mass is 32.2. The lowest BCUT2D eigenvalue weighted by Gasteiger charge is -2.08. The molecule has 18 heavy (non-hydrogen) atoms. The molecule has 0 aliphatic heterocycles. The lowest BCUT2D eigenvalue weighted by atomic mass is 10.1. The van der Waals surface area contributed by atoms with Crippen molar-refractivity contribution in [3.05, 3.63) is 35.4 Å². The molecule has 0 saturated carbocycles. The third-order valence-electron chi connectivity index (χ3n) is 2.50. The summed E-state index contributed by atoms with van der Waals surface area (Å²) < 4.78 is 25.9. The van der Waals surface area contributed by atoms with Gasteiger partial charge in [-0.3, -0.25) is 4.55 Å². The van der Waals surface area contributed by atoms with Crippen LogP contribution in [0.5, 0.6) is 0 Å². The van der Waals surface area contributed by atoms with Crippen LogP contribution in [0.4, 0.5) is 0 Å². The molecule has 0 bridgehead atoms. The molecule has 0 heterocycles. The molecule has 4 nitrogen and oxygen atoms in total. The minimum Gasteiger partial charge on any atom is -0.338 e. The van der Waals surface area contributed by atoms with E-state index in [1.165, 1.54) is 24.0 Å². The summed E-state index contributed by atoms with van der Waals surface area (Å²) in [7, 11) is -3.67.